The number of urea groups is 1. The summed E-state index contributed by atoms with van der Waals surface area (Å²) in [7, 11) is 0. The Balaban J connectivity index is 2.94. The lowest BCUT2D eigenvalue weighted by atomic mass is 10.0. The molecule has 1 aromatic rings. The molecule has 0 aromatic carbocycles. The van der Waals surface area contributed by atoms with Crippen molar-refractivity contribution in [2.24, 2.45) is 11.7 Å². The summed E-state index contributed by atoms with van der Waals surface area (Å²) in [6, 6.07) is 1.05. The normalized spacial score (nSPS) is 11.8. The number of hydrogen-bond acceptors (Lipinski definition) is 4. The van der Waals surface area contributed by atoms with E-state index in [9.17, 15) is 14.4 Å². The molecule has 1 rings (SSSR count). The Morgan fingerprint density at radius 1 is 1.35 bits per heavy atom. The summed E-state index contributed by atoms with van der Waals surface area (Å²) in [6.07, 6.45) is 1.36. The summed E-state index contributed by atoms with van der Waals surface area (Å²) < 4.78 is 0. The van der Waals surface area contributed by atoms with E-state index in [1.54, 1.807) is 13.8 Å². The third-order valence-corrected chi connectivity index (χ3v) is 2.53. The van der Waals surface area contributed by atoms with Crippen molar-refractivity contribution in [1.82, 2.24) is 10.3 Å². The number of carbonyl (C=O) groups is 3. The van der Waals surface area contributed by atoms with Crippen LogP contribution in [0.15, 0.2) is 18.3 Å². The lowest BCUT2D eigenvalue weighted by molar-refractivity contribution is -0.118. The zero-order chi connectivity index (χ0) is 15.3. The molecule has 108 valence electrons. The van der Waals surface area contributed by atoms with E-state index in [1.165, 1.54) is 18.3 Å². The fourth-order valence-electron chi connectivity index (χ4n) is 1.56. The average Bonchev–Trinajstić information content (AvgIpc) is 2.35. The standard InChI is InChI=1S/C12H16N4O4/c1-6(2)8(15-12(13)20)10(17)16-9-7(11(18)19)4-3-5-14-9/h3-6,8H,1-2H3,(H,18,19)(H3,13,15,20)(H,14,16,17). The number of pyridine rings is 1. The van der Waals surface area contributed by atoms with Crippen LogP contribution in [0.2, 0.25) is 0 Å². The van der Waals surface area contributed by atoms with Gasteiger partial charge in [0, 0.05) is 6.20 Å². The summed E-state index contributed by atoms with van der Waals surface area (Å²) in [6.45, 7) is 3.44. The van der Waals surface area contributed by atoms with Gasteiger partial charge in [-0.3, -0.25) is 4.79 Å². The number of amides is 3. The molecular formula is C12H16N4O4. The molecule has 1 heterocycles. The molecule has 1 atom stereocenters. The molecule has 3 amide bonds. The monoisotopic (exact) mass is 280 g/mol. The number of carbonyl (C=O) groups excluding carboxylic acids is 2. The van der Waals surface area contributed by atoms with E-state index < -0.39 is 23.9 Å². The third-order valence-electron chi connectivity index (χ3n) is 2.53. The van der Waals surface area contributed by atoms with Gasteiger partial charge in [0.2, 0.25) is 5.91 Å². The minimum absolute atomic E-state index is 0.0816. The second-order valence-electron chi connectivity index (χ2n) is 4.42. The van der Waals surface area contributed by atoms with E-state index in [1.807, 2.05) is 0 Å². The molecule has 8 nitrogen and oxygen atoms in total. The van der Waals surface area contributed by atoms with Crippen LogP contribution in [-0.2, 0) is 4.79 Å². The number of nitrogens with one attached hydrogen (secondary N) is 2. The molecule has 0 bridgehead atoms. The lowest BCUT2D eigenvalue weighted by Crippen LogP contribution is -2.49. The Morgan fingerprint density at radius 3 is 2.50 bits per heavy atom. The van der Waals surface area contributed by atoms with Crippen LogP contribution in [0.25, 0.3) is 0 Å². The Kier molecular flexibility index (Phi) is 5.01. The molecule has 0 aliphatic rings. The first-order valence-electron chi connectivity index (χ1n) is 5.88. The number of primary amides is 1. The first kappa shape index (κ1) is 15.4. The zero-order valence-electron chi connectivity index (χ0n) is 11.1. The van der Waals surface area contributed by atoms with Crippen LogP contribution >= 0.6 is 0 Å². The van der Waals surface area contributed by atoms with Gasteiger partial charge >= 0.3 is 12.0 Å². The smallest absolute Gasteiger partial charge is 0.339 e. The van der Waals surface area contributed by atoms with E-state index in [0.717, 1.165) is 0 Å². The second kappa shape index (κ2) is 6.50. The molecule has 8 heteroatoms. The maximum atomic E-state index is 12.1. The molecule has 20 heavy (non-hydrogen) atoms. The number of carboxylic acids is 1. The first-order valence-corrected chi connectivity index (χ1v) is 5.88. The summed E-state index contributed by atoms with van der Waals surface area (Å²) in [5.74, 6) is -2.10. The summed E-state index contributed by atoms with van der Waals surface area (Å²) in [4.78, 5) is 37.7. The van der Waals surface area contributed by atoms with Gasteiger partial charge in [-0.2, -0.15) is 0 Å². The molecule has 0 saturated carbocycles. The van der Waals surface area contributed by atoms with Gasteiger partial charge in [0.25, 0.3) is 0 Å². The topological polar surface area (TPSA) is 134 Å². The van der Waals surface area contributed by atoms with E-state index in [0.29, 0.717) is 0 Å². The lowest BCUT2D eigenvalue weighted by Gasteiger charge is -2.20. The van der Waals surface area contributed by atoms with Crippen LogP contribution in [0.5, 0.6) is 0 Å². The highest BCUT2D eigenvalue weighted by atomic mass is 16.4. The van der Waals surface area contributed by atoms with Crippen molar-refractivity contribution < 1.29 is 19.5 Å². The van der Waals surface area contributed by atoms with Crippen LogP contribution in [-0.4, -0.2) is 34.0 Å². The summed E-state index contributed by atoms with van der Waals surface area (Å²) in [5, 5.41) is 13.7. The number of hydrogen-bond donors (Lipinski definition) is 4. The van der Waals surface area contributed by atoms with Crippen molar-refractivity contribution in [2.75, 3.05) is 5.32 Å². The average molecular weight is 280 g/mol. The van der Waals surface area contributed by atoms with Crippen molar-refractivity contribution >= 4 is 23.7 Å². The van der Waals surface area contributed by atoms with Crippen molar-refractivity contribution in [2.45, 2.75) is 19.9 Å². The SMILES string of the molecule is CC(C)C(NC(N)=O)C(=O)Nc1ncccc1C(=O)O. The molecule has 0 radical (unpaired) electrons. The molecule has 0 saturated heterocycles. The first-order chi connectivity index (χ1) is 9.32. The number of carboxylic acid groups (broad SMARTS) is 1. The molecule has 1 unspecified atom stereocenters. The second-order valence-corrected chi connectivity index (χ2v) is 4.42. The van der Waals surface area contributed by atoms with Gasteiger partial charge in [-0.05, 0) is 18.1 Å². The number of anilines is 1. The molecule has 5 N–H and O–H groups in total. The van der Waals surface area contributed by atoms with Gasteiger partial charge in [0.15, 0.2) is 0 Å². The number of nitrogens with two attached hydrogens (primary N) is 1. The summed E-state index contributed by atoms with van der Waals surface area (Å²) in [5.41, 5.74) is 4.86. The fraction of sp³-hybridized carbons (Fsp3) is 0.333. The fourth-order valence-corrected chi connectivity index (χ4v) is 1.56. The van der Waals surface area contributed by atoms with E-state index >= 15 is 0 Å². The highest BCUT2D eigenvalue weighted by Crippen LogP contribution is 2.13. The molecule has 0 aliphatic carbocycles. The van der Waals surface area contributed by atoms with E-state index in [-0.39, 0.29) is 17.3 Å². The van der Waals surface area contributed by atoms with Gasteiger partial charge in [0.05, 0.1) is 0 Å². The van der Waals surface area contributed by atoms with Gasteiger partial charge in [-0.1, -0.05) is 13.8 Å². The highest BCUT2D eigenvalue weighted by molar-refractivity contribution is 6.01. The van der Waals surface area contributed by atoms with Crippen molar-refractivity contribution in [3.63, 3.8) is 0 Å². The predicted octanol–water partition coefficient (Wildman–Crippen LogP) is 0.411. The quantitative estimate of drug-likeness (QED) is 0.619. The third kappa shape index (κ3) is 3.94. The van der Waals surface area contributed by atoms with Crippen LogP contribution in [0, 0.1) is 5.92 Å². The van der Waals surface area contributed by atoms with Crippen molar-refractivity contribution in [3.8, 4) is 0 Å². The Bertz CT molecular complexity index is 530. The van der Waals surface area contributed by atoms with Crippen molar-refractivity contribution in [3.05, 3.63) is 23.9 Å². The van der Waals surface area contributed by atoms with Gasteiger partial charge in [0.1, 0.15) is 17.4 Å². The van der Waals surface area contributed by atoms with Crippen molar-refractivity contribution in [1.29, 1.82) is 0 Å². The molecule has 0 aliphatic heterocycles. The van der Waals surface area contributed by atoms with E-state index in [2.05, 4.69) is 15.6 Å². The minimum atomic E-state index is -1.21. The van der Waals surface area contributed by atoms with Crippen LogP contribution in [0.3, 0.4) is 0 Å². The number of rotatable bonds is 5. The maximum absolute atomic E-state index is 12.1. The van der Waals surface area contributed by atoms with Gasteiger partial charge in [-0.25, -0.2) is 14.6 Å². The molecular weight excluding hydrogens is 264 g/mol. The molecule has 1 aromatic heterocycles. The number of nitrogens with zero attached hydrogens (tertiary/aromatic N) is 1. The van der Waals surface area contributed by atoms with Gasteiger partial charge in [-0.15, -0.1) is 0 Å². The predicted molar refractivity (Wildman–Crippen MR) is 71.2 cm³/mol. The van der Waals surface area contributed by atoms with Crippen LogP contribution < -0.4 is 16.4 Å². The zero-order valence-corrected chi connectivity index (χ0v) is 11.1. The molecule has 0 spiro atoms. The maximum Gasteiger partial charge on any atom is 0.339 e. The number of aromatic carboxylic acids is 1. The van der Waals surface area contributed by atoms with E-state index in [4.69, 9.17) is 10.8 Å². The Morgan fingerprint density at radius 2 is 2.00 bits per heavy atom. The highest BCUT2D eigenvalue weighted by Gasteiger charge is 2.25. The van der Waals surface area contributed by atoms with Gasteiger partial charge < -0.3 is 21.5 Å². The summed E-state index contributed by atoms with van der Waals surface area (Å²) >= 11 is 0. The van der Waals surface area contributed by atoms with Crippen LogP contribution in [0.4, 0.5) is 10.6 Å². The molecule has 0 fully saturated rings. The minimum Gasteiger partial charge on any atom is -0.478 e. The van der Waals surface area contributed by atoms with Crippen LogP contribution in [0.1, 0.15) is 24.2 Å². The Labute approximate surface area is 115 Å². The number of aromatic nitrogens is 1. The Hall–Kier alpha value is -2.64. The largest absolute Gasteiger partial charge is 0.478 e.